The first kappa shape index (κ1) is 13.1. The van der Waals surface area contributed by atoms with Crippen molar-refractivity contribution < 1.29 is 0 Å². The van der Waals surface area contributed by atoms with Gasteiger partial charge in [-0.1, -0.05) is 26.0 Å². The van der Waals surface area contributed by atoms with E-state index in [1.54, 1.807) is 0 Å². The Labute approximate surface area is 118 Å². The molecule has 2 heterocycles. The van der Waals surface area contributed by atoms with Crippen molar-refractivity contribution in [1.29, 1.82) is 0 Å². The summed E-state index contributed by atoms with van der Waals surface area (Å²) in [5.74, 6) is 1.54. The number of hydrogen-bond acceptors (Lipinski definition) is 4. The molecular formula is C15H21N5. The molecule has 2 aromatic rings. The largest absolute Gasteiger partial charge is 0.368 e. The molecule has 5 nitrogen and oxygen atoms in total. The number of aryl methyl sites for hydroxylation is 1. The highest BCUT2D eigenvalue weighted by molar-refractivity contribution is 5.74. The van der Waals surface area contributed by atoms with E-state index in [9.17, 15) is 0 Å². The Morgan fingerprint density at radius 2 is 2.20 bits per heavy atom. The van der Waals surface area contributed by atoms with Crippen molar-refractivity contribution in [2.45, 2.75) is 39.7 Å². The summed E-state index contributed by atoms with van der Waals surface area (Å²) in [6.07, 6.45) is 4.08. The first-order chi connectivity index (χ1) is 9.52. The summed E-state index contributed by atoms with van der Waals surface area (Å²) in [6, 6.07) is 0.272. The Balaban J connectivity index is 2.10. The predicted octanol–water partition coefficient (Wildman–Crippen LogP) is 2.88. The van der Waals surface area contributed by atoms with E-state index >= 15 is 0 Å². The lowest BCUT2D eigenvalue weighted by molar-refractivity contribution is 0.438. The van der Waals surface area contributed by atoms with E-state index in [0.717, 1.165) is 29.7 Å². The Morgan fingerprint density at radius 1 is 1.45 bits per heavy atom. The standard InChI is InChI=1S/C15H21N5/c1-5-11-8(2)6-12(9(11)3)20-7-17-13-10(4)18-15(16)19-14(13)20/h7-8,11-12H,3,5-6H2,1-2,4H3,(H2,16,18,19)/t8-,11+,12-/m0/s1. The zero-order valence-electron chi connectivity index (χ0n) is 12.3. The second-order valence-electron chi connectivity index (χ2n) is 5.81. The van der Waals surface area contributed by atoms with Gasteiger partial charge in [0.25, 0.3) is 0 Å². The molecule has 1 aliphatic rings. The summed E-state index contributed by atoms with van der Waals surface area (Å²) in [5.41, 5.74) is 9.55. The third-order valence-corrected chi connectivity index (χ3v) is 4.57. The minimum atomic E-state index is 0.272. The van der Waals surface area contributed by atoms with Crippen molar-refractivity contribution in [1.82, 2.24) is 19.5 Å². The fourth-order valence-corrected chi connectivity index (χ4v) is 3.54. The van der Waals surface area contributed by atoms with E-state index in [4.69, 9.17) is 5.73 Å². The average Bonchev–Trinajstić information content (AvgIpc) is 2.91. The molecule has 3 rings (SSSR count). The first-order valence-corrected chi connectivity index (χ1v) is 7.18. The molecule has 2 aromatic heterocycles. The van der Waals surface area contributed by atoms with Gasteiger partial charge in [0.05, 0.1) is 18.1 Å². The molecule has 5 heteroatoms. The molecule has 0 radical (unpaired) electrons. The van der Waals surface area contributed by atoms with Crippen molar-refractivity contribution in [2.24, 2.45) is 11.8 Å². The molecule has 1 aliphatic carbocycles. The number of fused-ring (bicyclic) bond motifs is 1. The number of nitrogen functional groups attached to an aromatic ring is 1. The third kappa shape index (κ3) is 1.80. The van der Waals surface area contributed by atoms with Gasteiger partial charge in [-0.3, -0.25) is 0 Å². The minimum Gasteiger partial charge on any atom is -0.368 e. The lowest BCUT2D eigenvalue weighted by atomic mass is 9.93. The van der Waals surface area contributed by atoms with Crippen LogP contribution in [-0.2, 0) is 0 Å². The molecule has 0 saturated heterocycles. The van der Waals surface area contributed by atoms with Gasteiger partial charge in [-0.25, -0.2) is 9.97 Å². The Bertz CT molecular complexity index is 672. The second-order valence-corrected chi connectivity index (χ2v) is 5.81. The van der Waals surface area contributed by atoms with Crippen molar-refractivity contribution in [2.75, 3.05) is 5.73 Å². The van der Waals surface area contributed by atoms with E-state index in [2.05, 4.69) is 39.9 Å². The monoisotopic (exact) mass is 271 g/mol. The smallest absolute Gasteiger partial charge is 0.222 e. The number of aromatic nitrogens is 4. The van der Waals surface area contributed by atoms with Gasteiger partial charge in [0.1, 0.15) is 5.52 Å². The van der Waals surface area contributed by atoms with Crippen LogP contribution in [0.5, 0.6) is 0 Å². The van der Waals surface area contributed by atoms with Crippen molar-refractivity contribution in [3.8, 4) is 0 Å². The minimum absolute atomic E-state index is 0.272. The summed E-state index contributed by atoms with van der Waals surface area (Å²) in [6.45, 7) is 10.8. The van der Waals surface area contributed by atoms with Crippen molar-refractivity contribution in [3.05, 3.63) is 24.2 Å². The zero-order valence-corrected chi connectivity index (χ0v) is 12.3. The van der Waals surface area contributed by atoms with E-state index < -0.39 is 0 Å². The third-order valence-electron chi connectivity index (χ3n) is 4.57. The second kappa shape index (κ2) is 4.58. The highest BCUT2D eigenvalue weighted by atomic mass is 15.2. The number of nitrogens with zero attached hydrogens (tertiary/aromatic N) is 4. The fourth-order valence-electron chi connectivity index (χ4n) is 3.54. The summed E-state index contributed by atoms with van der Waals surface area (Å²) in [4.78, 5) is 13.0. The van der Waals surface area contributed by atoms with Crippen LogP contribution in [0, 0.1) is 18.8 Å². The van der Waals surface area contributed by atoms with Crippen LogP contribution in [0.15, 0.2) is 18.5 Å². The summed E-state index contributed by atoms with van der Waals surface area (Å²) < 4.78 is 2.12. The zero-order chi connectivity index (χ0) is 14.4. The molecule has 0 amide bonds. The number of nitrogens with two attached hydrogens (primary N) is 1. The quantitative estimate of drug-likeness (QED) is 0.853. The molecule has 20 heavy (non-hydrogen) atoms. The maximum atomic E-state index is 5.78. The van der Waals surface area contributed by atoms with Gasteiger partial charge in [0, 0.05) is 0 Å². The molecular weight excluding hydrogens is 250 g/mol. The number of anilines is 1. The van der Waals surface area contributed by atoms with Crippen LogP contribution in [-0.4, -0.2) is 19.5 Å². The van der Waals surface area contributed by atoms with Crippen molar-refractivity contribution >= 4 is 17.1 Å². The highest BCUT2D eigenvalue weighted by Gasteiger charge is 2.35. The normalized spacial score (nSPS) is 26.6. The maximum Gasteiger partial charge on any atom is 0.222 e. The molecule has 0 spiro atoms. The van der Waals surface area contributed by atoms with Gasteiger partial charge in [0.15, 0.2) is 5.65 Å². The SMILES string of the molecule is C=C1[C@H](CC)[C@@H](C)C[C@@H]1n1cnc2c(C)nc(N)nc21. The fraction of sp³-hybridized carbons (Fsp3) is 0.533. The predicted molar refractivity (Wildman–Crippen MR) is 80.2 cm³/mol. The van der Waals surface area contributed by atoms with Gasteiger partial charge in [-0.2, -0.15) is 4.98 Å². The molecule has 0 bridgehead atoms. The molecule has 1 saturated carbocycles. The van der Waals surface area contributed by atoms with Crippen molar-refractivity contribution in [3.63, 3.8) is 0 Å². The van der Waals surface area contributed by atoms with Crippen LogP contribution >= 0.6 is 0 Å². The van der Waals surface area contributed by atoms with Crippen LogP contribution in [0.1, 0.15) is 38.4 Å². The van der Waals surface area contributed by atoms with E-state index in [1.807, 2.05) is 13.3 Å². The summed E-state index contributed by atoms with van der Waals surface area (Å²) in [7, 11) is 0. The summed E-state index contributed by atoms with van der Waals surface area (Å²) >= 11 is 0. The van der Waals surface area contributed by atoms with Gasteiger partial charge in [-0.15, -0.1) is 0 Å². The number of imidazole rings is 1. The van der Waals surface area contributed by atoms with Gasteiger partial charge < -0.3 is 10.3 Å². The lowest BCUT2D eigenvalue weighted by Gasteiger charge is -2.16. The van der Waals surface area contributed by atoms with Crippen LogP contribution in [0.2, 0.25) is 0 Å². The van der Waals surface area contributed by atoms with E-state index in [0.29, 0.717) is 17.8 Å². The van der Waals surface area contributed by atoms with Crippen LogP contribution in [0.25, 0.3) is 11.2 Å². The Morgan fingerprint density at radius 3 is 2.85 bits per heavy atom. The van der Waals surface area contributed by atoms with E-state index in [1.165, 1.54) is 5.57 Å². The van der Waals surface area contributed by atoms with Gasteiger partial charge in [0.2, 0.25) is 5.95 Å². The lowest BCUT2D eigenvalue weighted by Crippen LogP contribution is -2.09. The Hall–Kier alpha value is -1.91. The maximum absolute atomic E-state index is 5.78. The van der Waals surface area contributed by atoms with Crippen LogP contribution in [0.4, 0.5) is 5.95 Å². The topological polar surface area (TPSA) is 69.6 Å². The van der Waals surface area contributed by atoms with E-state index in [-0.39, 0.29) is 6.04 Å². The molecule has 0 unspecified atom stereocenters. The first-order valence-electron chi connectivity index (χ1n) is 7.18. The Kier molecular flexibility index (Phi) is 3.00. The molecule has 0 aromatic carbocycles. The average molecular weight is 271 g/mol. The number of rotatable bonds is 2. The summed E-state index contributed by atoms with van der Waals surface area (Å²) in [5, 5.41) is 0. The molecule has 3 atom stereocenters. The highest BCUT2D eigenvalue weighted by Crippen LogP contribution is 2.45. The van der Waals surface area contributed by atoms with Gasteiger partial charge >= 0.3 is 0 Å². The number of allylic oxidation sites excluding steroid dienone is 1. The van der Waals surface area contributed by atoms with Crippen LogP contribution in [0.3, 0.4) is 0 Å². The molecule has 1 fully saturated rings. The molecule has 2 N–H and O–H groups in total. The molecule has 0 aliphatic heterocycles. The van der Waals surface area contributed by atoms with Crippen LogP contribution < -0.4 is 5.73 Å². The number of hydrogen-bond donors (Lipinski definition) is 1. The van der Waals surface area contributed by atoms with Gasteiger partial charge in [-0.05, 0) is 31.6 Å². The molecule has 106 valence electrons.